The molecule has 1 heterocycles. The number of benzene rings is 1. The second-order valence-electron chi connectivity index (χ2n) is 3.46. The number of aromatic nitrogens is 2. The van der Waals surface area contributed by atoms with Gasteiger partial charge in [-0.1, -0.05) is 30.3 Å². The summed E-state index contributed by atoms with van der Waals surface area (Å²) in [6.07, 6.45) is 0. The first-order chi connectivity index (χ1) is 7.74. The highest BCUT2D eigenvalue weighted by Gasteiger charge is 2.13. The van der Waals surface area contributed by atoms with Crippen molar-refractivity contribution < 1.29 is 5.11 Å². The highest BCUT2D eigenvalue weighted by atomic mass is 16.3. The molecule has 2 aromatic rings. The van der Waals surface area contributed by atoms with Crippen LogP contribution in [0, 0.1) is 0 Å². The normalized spacial score (nSPS) is 10.6. The Labute approximate surface area is 93.3 Å². The molecular formula is C11H14N4O. The molecule has 5 nitrogen and oxygen atoms in total. The first-order valence-electron chi connectivity index (χ1n) is 5.02. The summed E-state index contributed by atoms with van der Waals surface area (Å²) in [6, 6.07) is 9.59. The van der Waals surface area contributed by atoms with E-state index in [1.807, 2.05) is 30.3 Å². The van der Waals surface area contributed by atoms with Gasteiger partial charge in [-0.15, -0.1) is 0 Å². The van der Waals surface area contributed by atoms with Crippen molar-refractivity contribution in [3.8, 4) is 11.3 Å². The number of aliphatic hydroxyl groups excluding tert-OH is 1. The molecule has 2 rings (SSSR count). The summed E-state index contributed by atoms with van der Waals surface area (Å²) in [5.74, 6) is 0.396. The van der Waals surface area contributed by atoms with Crippen molar-refractivity contribution in [3.63, 3.8) is 0 Å². The Hall–Kier alpha value is -2.01. The second-order valence-corrected chi connectivity index (χ2v) is 3.46. The van der Waals surface area contributed by atoms with E-state index >= 15 is 0 Å². The number of hydrogen-bond donors (Lipinski definition) is 3. The Balaban J connectivity index is 2.46. The van der Waals surface area contributed by atoms with Gasteiger partial charge in [0.05, 0.1) is 13.2 Å². The van der Waals surface area contributed by atoms with Crippen LogP contribution in [0.4, 0.5) is 11.5 Å². The third-order valence-electron chi connectivity index (χ3n) is 2.39. The molecule has 1 aromatic heterocycles. The first-order valence-corrected chi connectivity index (χ1v) is 5.02. The molecule has 0 atom stereocenters. The molecule has 5 heteroatoms. The van der Waals surface area contributed by atoms with Crippen molar-refractivity contribution in [3.05, 3.63) is 30.3 Å². The number of anilines is 2. The van der Waals surface area contributed by atoms with Crippen molar-refractivity contribution in [2.24, 2.45) is 0 Å². The lowest BCUT2D eigenvalue weighted by molar-refractivity contribution is 0.270. The number of nitrogen functional groups attached to an aromatic ring is 2. The van der Waals surface area contributed by atoms with Crippen LogP contribution in [0.2, 0.25) is 0 Å². The van der Waals surface area contributed by atoms with Crippen molar-refractivity contribution in [2.75, 3.05) is 18.1 Å². The van der Waals surface area contributed by atoms with Gasteiger partial charge < -0.3 is 16.6 Å². The van der Waals surface area contributed by atoms with Crippen LogP contribution in [0.15, 0.2) is 30.3 Å². The molecule has 0 bridgehead atoms. The average Bonchev–Trinajstić information content (AvgIpc) is 2.59. The molecule has 5 N–H and O–H groups in total. The molecule has 0 saturated carbocycles. The van der Waals surface area contributed by atoms with Gasteiger partial charge in [0.1, 0.15) is 17.2 Å². The Morgan fingerprint density at radius 1 is 1.19 bits per heavy atom. The first kappa shape index (κ1) is 10.5. The Morgan fingerprint density at radius 2 is 1.88 bits per heavy atom. The lowest BCUT2D eigenvalue weighted by Crippen LogP contribution is -2.08. The van der Waals surface area contributed by atoms with Gasteiger partial charge in [0.15, 0.2) is 0 Å². The molecule has 0 saturated heterocycles. The van der Waals surface area contributed by atoms with Crippen molar-refractivity contribution in [2.45, 2.75) is 6.54 Å². The maximum Gasteiger partial charge on any atom is 0.145 e. The van der Waals surface area contributed by atoms with Gasteiger partial charge >= 0.3 is 0 Å². The van der Waals surface area contributed by atoms with E-state index in [9.17, 15) is 0 Å². The summed E-state index contributed by atoms with van der Waals surface area (Å²) in [5.41, 5.74) is 13.7. The van der Waals surface area contributed by atoms with Crippen LogP contribution in [0.3, 0.4) is 0 Å². The third-order valence-corrected chi connectivity index (χ3v) is 2.39. The quantitative estimate of drug-likeness (QED) is 0.707. The third kappa shape index (κ3) is 1.72. The number of nitrogens with two attached hydrogens (primary N) is 2. The summed E-state index contributed by atoms with van der Waals surface area (Å²) in [6.45, 7) is 0.336. The summed E-state index contributed by atoms with van der Waals surface area (Å²) in [4.78, 5) is 0. The van der Waals surface area contributed by atoms with E-state index in [1.165, 1.54) is 4.68 Å². The van der Waals surface area contributed by atoms with Gasteiger partial charge in [0, 0.05) is 5.56 Å². The average molecular weight is 218 g/mol. The predicted molar refractivity (Wildman–Crippen MR) is 63.6 cm³/mol. The summed E-state index contributed by atoms with van der Waals surface area (Å²) in [7, 11) is 0. The molecule has 0 aliphatic rings. The van der Waals surface area contributed by atoms with E-state index in [1.54, 1.807) is 0 Å². The maximum absolute atomic E-state index is 8.86. The largest absolute Gasteiger partial charge is 0.394 e. The van der Waals surface area contributed by atoms with E-state index in [4.69, 9.17) is 16.6 Å². The fourth-order valence-electron chi connectivity index (χ4n) is 1.56. The molecule has 0 fully saturated rings. The van der Waals surface area contributed by atoms with Gasteiger partial charge in [0.2, 0.25) is 0 Å². The predicted octanol–water partition coefficient (Wildman–Crippen LogP) is 0.707. The Kier molecular flexibility index (Phi) is 2.78. The minimum Gasteiger partial charge on any atom is -0.394 e. The highest BCUT2D eigenvalue weighted by Crippen LogP contribution is 2.28. The molecule has 0 unspecified atom stereocenters. The number of nitrogens with zero attached hydrogens (tertiary/aromatic N) is 2. The molecule has 16 heavy (non-hydrogen) atoms. The van der Waals surface area contributed by atoms with E-state index in [0.717, 1.165) is 5.56 Å². The SMILES string of the molecule is Nc1c(-c2ccccc2)nn(CCO)c1N. The zero-order valence-electron chi connectivity index (χ0n) is 8.80. The Morgan fingerprint density at radius 3 is 2.50 bits per heavy atom. The zero-order chi connectivity index (χ0) is 11.5. The minimum absolute atomic E-state index is 0.0143. The molecule has 0 aliphatic carbocycles. The standard InChI is InChI=1S/C11H14N4O/c12-9-10(8-4-2-1-3-5-8)14-15(6-7-16)11(9)13/h1-5,16H,6-7,12-13H2. The lowest BCUT2D eigenvalue weighted by Gasteiger charge is -1.99. The molecule has 0 aliphatic heterocycles. The van der Waals surface area contributed by atoms with Crippen molar-refractivity contribution in [1.82, 2.24) is 9.78 Å². The zero-order valence-corrected chi connectivity index (χ0v) is 8.80. The van der Waals surface area contributed by atoms with Crippen LogP contribution in [0.1, 0.15) is 0 Å². The Bertz CT molecular complexity index is 478. The number of rotatable bonds is 3. The van der Waals surface area contributed by atoms with Crippen molar-refractivity contribution >= 4 is 11.5 Å². The van der Waals surface area contributed by atoms with E-state index in [2.05, 4.69) is 5.10 Å². The lowest BCUT2D eigenvalue weighted by atomic mass is 10.1. The molecule has 0 spiro atoms. The summed E-state index contributed by atoms with van der Waals surface area (Å²) < 4.78 is 1.51. The van der Waals surface area contributed by atoms with Crippen LogP contribution in [-0.4, -0.2) is 21.5 Å². The topological polar surface area (TPSA) is 90.1 Å². The minimum atomic E-state index is -0.0143. The molecule has 84 valence electrons. The van der Waals surface area contributed by atoms with Gasteiger partial charge in [-0.05, 0) is 0 Å². The van der Waals surface area contributed by atoms with E-state index < -0.39 is 0 Å². The van der Waals surface area contributed by atoms with Crippen LogP contribution in [-0.2, 0) is 6.54 Å². The van der Waals surface area contributed by atoms with Gasteiger partial charge in [-0.25, -0.2) is 4.68 Å². The van der Waals surface area contributed by atoms with Crippen LogP contribution in [0.25, 0.3) is 11.3 Å². The number of aliphatic hydroxyl groups is 1. The van der Waals surface area contributed by atoms with E-state index in [-0.39, 0.29) is 6.61 Å². The van der Waals surface area contributed by atoms with Crippen LogP contribution < -0.4 is 11.5 Å². The molecule has 0 radical (unpaired) electrons. The van der Waals surface area contributed by atoms with Crippen LogP contribution >= 0.6 is 0 Å². The molecule has 0 amide bonds. The monoisotopic (exact) mass is 218 g/mol. The van der Waals surface area contributed by atoms with Gasteiger partial charge in [-0.3, -0.25) is 0 Å². The van der Waals surface area contributed by atoms with E-state index in [0.29, 0.717) is 23.7 Å². The summed E-state index contributed by atoms with van der Waals surface area (Å²) in [5, 5.41) is 13.1. The highest BCUT2D eigenvalue weighted by molar-refractivity contribution is 5.80. The second kappa shape index (κ2) is 4.24. The fraction of sp³-hybridized carbons (Fsp3) is 0.182. The molecular weight excluding hydrogens is 204 g/mol. The number of hydrogen-bond acceptors (Lipinski definition) is 4. The van der Waals surface area contributed by atoms with Gasteiger partial charge in [0.25, 0.3) is 0 Å². The van der Waals surface area contributed by atoms with Gasteiger partial charge in [-0.2, -0.15) is 5.10 Å². The van der Waals surface area contributed by atoms with Crippen molar-refractivity contribution in [1.29, 1.82) is 0 Å². The maximum atomic E-state index is 8.86. The molecule has 1 aromatic carbocycles. The summed E-state index contributed by atoms with van der Waals surface area (Å²) >= 11 is 0. The smallest absolute Gasteiger partial charge is 0.145 e. The fourth-order valence-corrected chi connectivity index (χ4v) is 1.56. The van der Waals surface area contributed by atoms with Crippen LogP contribution in [0.5, 0.6) is 0 Å².